The van der Waals surface area contributed by atoms with E-state index >= 15 is 0 Å². The first-order chi connectivity index (χ1) is 4.62. The third kappa shape index (κ3) is 3.88. The van der Waals surface area contributed by atoms with E-state index in [0.717, 1.165) is 0 Å². The lowest BCUT2D eigenvalue weighted by Crippen LogP contribution is -2.08. The van der Waals surface area contributed by atoms with Crippen LogP contribution in [0.3, 0.4) is 0 Å². The Morgan fingerprint density at radius 2 is 1.80 bits per heavy atom. The maximum absolute atomic E-state index is 10.6. The summed E-state index contributed by atoms with van der Waals surface area (Å²) in [6.45, 7) is 0. The Morgan fingerprint density at radius 1 is 1.20 bits per heavy atom. The van der Waals surface area contributed by atoms with Crippen LogP contribution in [-0.4, -0.2) is 19.9 Å². The van der Waals surface area contributed by atoms with Crippen molar-refractivity contribution in [1.29, 1.82) is 10.5 Å². The van der Waals surface area contributed by atoms with Gasteiger partial charge in [0.2, 0.25) is 0 Å². The molecule has 0 radical (unpaired) electrons. The smallest absolute Gasteiger partial charge is 0.164 e. The first-order valence-electron chi connectivity index (χ1n) is 2.57. The molecule has 0 spiro atoms. The van der Waals surface area contributed by atoms with Crippen molar-refractivity contribution in [3.05, 3.63) is 0 Å². The first kappa shape index (κ1) is 8.93. The predicted molar refractivity (Wildman–Crippen MR) is 34.5 cm³/mol. The van der Waals surface area contributed by atoms with Crippen LogP contribution in [-0.2, 0) is 9.84 Å². The summed E-state index contributed by atoms with van der Waals surface area (Å²) in [5.74, 6) is -0.703. The molecule has 0 amide bonds. The third-order valence-corrected chi connectivity index (χ3v) is 2.20. The van der Waals surface area contributed by atoms with E-state index in [1.165, 1.54) is 6.07 Å². The fourth-order valence-electron chi connectivity index (χ4n) is 0.372. The molecular formula is C5H6N2O2S. The molecule has 0 unspecified atom stereocenters. The second kappa shape index (κ2) is 3.86. The van der Waals surface area contributed by atoms with Crippen molar-refractivity contribution >= 4 is 9.84 Å². The van der Waals surface area contributed by atoms with Gasteiger partial charge >= 0.3 is 0 Å². The van der Waals surface area contributed by atoms with E-state index in [0.29, 0.717) is 0 Å². The summed E-state index contributed by atoms with van der Waals surface area (Å²) in [6, 6.07) is 3.21. The number of sulfone groups is 1. The van der Waals surface area contributed by atoms with Gasteiger partial charge in [0.15, 0.2) is 9.84 Å². The Morgan fingerprint density at radius 3 is 2.20 bits per heavy atom. The van der Waals surface area contributed by atoms with Gasteiger partial charge in [-0.2, -0.15) is 10.5 Å². The second-order valence-electron chi connectivity index (χ2n) is 1.66. The highest BCUT2D eigenvalue weighted by Gasteiger charge is 2.07. The molecule has 0 N–H and O–H groups in total. The highest BCUT2D eigenvalue weighted by Crippen LogP contribution is 1.90. The second-order valence-corrected chi connectivity index (χ2v) is 3.84. The molecule has 0 aromatic carbocycles. The minimum Gasteiger partial charge on any atom is -0.228 e. The Kier molecular flexibility index (Phi) is 3.45. The molecule has 0 aromatic rings. The summed E-state index contributed by atoms with van der Waals surface area (Å²) in [4.78, 5) is 0. The van der Waals surface area contributed by atoms with Crippen LogP contribution < -0.4 is 0 Å². The molecule has 0 saturated carbocycles. The van der Waals surface area contributed by atoms with Crippen molar-refractivity contribution in [2.75, 3.05) is 11.5 Å². The summed E-state index contributed by atoms with van der Waals surface area (Å²) in [5, 5.41) is 16.0. The zero-order valence-electron chi connectivity index (χ0n) is 5.24. The summed E-state index contributed by atoms with van der Waals surface area (Å²) < 4.78 is 21.2. The van der Waals surface area contributed by atoms with Crippen molar-refractivity contribution in [3.63, 3.8) is 0 Å². The van der Waals surface area contributed by atoms with Crippen LogP contribution in [0.1, 0.15) is 6.42 Å². The molecule has 0 heterocycles. The predicted octanol–water partition coefficient (Wildman–Crippen LogP) is -0.162. The maximum atomic E-state index is 10.6. The molecule has 0 aliphatic rings. The van der Waals surface area contributed by atoms with Crippen molar-refractivity contribution in [2.45, 2.75) is 6.42 Å². The summed E-state index contributed by atoms with van der Waals surface area (Å²) in [5.41, 5.74) is 0. The summed E-state index contributed by atoms with van der Waals surface area (Å²) >= 11 is 0. The fraction of sp³-hybridized carbons (Fsp3) is 0.600. The number of nitrogens with zero attached hydrogens (tertiary/aromatic N) is 2. The van der Waals surface area contributed by atoms with Crippen LogP contribution in [0.2, 0.25) is 0 Å². The lowest BCUT2D eigenvalue weighted by molar-refractivity contribution is 0.599. The molecule has 0 saturated heterocycles. The molecule has 0 bridgehead atoms. The molecule has 54 valence electrons. The number of nitriles is 2. The Bertz CT molecular complexity index is 267. The molecule has 0 aliphatic carbocycles. The van der Waals surface area contributed by atoms with Crippen molar-refractivity contribution in [2.24, 2.45) is 0 Å². The lowest BCUT2D eigenvalue weighted by atomic mass is 10.6. The van der Waals surface area contributed by atoms with Crippen LogP contribution in [0.25, 0.3) is 0 Å². The van der Waals surface area contributed by atoms with Gasteiger partial charge in [0.1, 0.15) is 5.75 Å². The van der Waals surface area contributed by atoms with E-state index < -0.39 is 15.6 Å². The van der Waals surface area contributed by atoms with Gasteiger partial charge in [0.05, 0.1) is 17.9 Å². The molecule has 0 atom stereocenters. The van der Waals surface area contributed by atoms with E-state index in [1.54, 1.807) is 6.07 Å². The van der Waals surface area contributed by atoms with E-state index in [2.05, 4.69) is 0 Å². The van der Waals surface area contributed by atoms with Gasteiger partial charge in [-0.1, -0.05) is 0 Å². The molecule has 0 rings (SSSR count). The molecule has 5 heteroatoms. The van der Waals surface area contributed by atoms with E-state index in [4.69, 9.17) is 10.5 Å². The van der Waals surface area contributed by atoms with Gasteiger partial charge < -0.3 is 0 Å². The molecule has 0 fully saturated rings. The SMILES string of the molecule is N#CCCS(=O)(=O)CC#N. The fourth-order valence-corrected chi connectivity index (χ4v) is 1.11. The Balaban J connectivity index is 3.95. The van der Waals surface area contributed by atoms with E-state index in [9.17, 15) is 8.42 Å². The number of hydrogen-bond donors (Lipinski definition) is 0. The zero-order valence-corrected chi connectivity index (χ0v) is 6.06. The van der Waals surface area contributed by atoms with Gasteiger partial charge in [0, 0.05) is 6.42 Å². The van der Waals surface area contributed by atoms with Gasteiger partial charge in [-0.15, -0.1) is 0 Å². The van der Waals surface area contributed by atoms with Gasteiger partial charge in [-0.3, -0.25) is 0 Å². The summed E-state index contributed by atoms with van der Waals surface area (Å²) in [6.07, 6.45) is -0.0377. The average molecular weight is 158 g/mol. The number of rotatable bonds is 3. The first-order valence-corrected chi connectivity index (χ1v) is 4.39. The monoisotopic (exact) mass is 158 g/mol. The third-order valence-electron chi connectivity index (χ3n) is 0.809. The van der Waals surface area contributed by atoms with Crippen molar-refractivity contribution < 1.29 is 8.42 Å². The molecular weight excluding hydrogens is 152 g/mol. The molecule has 0 aromatic heterocycles. The van der Waals surface area contributed by atoms with E-state index in [-0.39, 0.29) is 12.2 Å². The average Bonchev–Trinajstić information content (AvgIpc) is 1.84. The molecule has 4 nitrogen and oxygen atoms in total. The van der Waals surface area contributed by atoms with Gasteiger partial charge in [0.25, 0.3) is 0 Å². The maximum Gasteiger partial charge on any atom is 0.164 e. The van der Waals surface area contributed by atoms with Crippen molar-refractivity contribution in [3.8, 4) is 12.1 Å². The van der Waals surface area contributed by atoms with Crippen LogP contribution >= 0.6 is 0 Å². The minimum atomic E-state index is -3.28. The topological polar surface area (TPSA) is 81.7 Å². The molecule has 10 heavy (non-hydrogen) atoms. The normalized spacial score (nSPS) is 9.80. The van der Waals surface area contributed by atoms with E-state index in [1.807, 2.05) is 0 Å². The number of hydrogen-bond acceptors (Lipinski definition) is 4. The Labute approximate surface area is 59.6 Å². The van der Waals surface area contributed by atoms with Crippen LogP contribution in [0, 0.1) is 22.7 Å². The highest BCUT2D eigenvalue weighted by molar-refractivity contribution is 7.91. The minimum absolute atomic E-state index is 0.0377. The summed E-state index contributed by atoms with van der Waals surface area (Å²) in [7, 11) is -3.28. The van der Waals surface area contributed by atoms with Crippen molar-refractivity contribution in [1.82, 2.24) is 0 Å². The zero-order chi connectivity index (χ0) is 8.04. The van der Waals surface area contributed by atoms with Gasteiger partial charge in [-0.25, -0.2) is 8.42 Å². The quantitative estimate of drug-likeness (QED) is 0.571. The van der Waals surface area contributed by atoms with Gasteiger partial charge in [-0.05, 0) is 0 Å². The lowest BCUT2D eigenvalue weighted by Gasteiger charge is -1.90. The standard InChI is InChI=1S/C5H6N2O2S/c6-2-1-4-10(8,9)5-3-7/h1,4-5H2. The van der Waals surface area contributed by atoms with Crippen LogP contribution in [0.5, 0.6) is 0 Å². The largest absolute Gasteiger partial charge is 0.228 e. The highest BCUT2D eigenvalue weighted by atomic mass is 32.2. The van der Waals surface area contributed by atoms with Crippen LogP contribution in [0.4, 0.5) is 0 Å². The Hall–Kier alpha value is -1.07. The molecule has 0 aliphatic heterocycles. The van der Waals surface area contributed by atoms with Crippen LogP contribution in [0.15, 0.2) is 0 Å².